The monoisotopic (exact) mass is 405 g/mol. The lowest BCUT2D eigenvalue weighted by Crippen LogP contribution is -2.32. The summed E-state index contributed by atoms with van der Waals surface area (Å²) in [5, 5.41) is 0. The second-order valence-electron chi connectivity index (χ2n) is 8.50. The van der Waals surface area contributed by atoms with Crippen molar-refractivity contribution in [3.05, 3.63) is 91.0 Å². The molecule has 0 bridgehead atoms. The van der Waals surface area contributed by atoms with Crippen LogP contribution >= 0.6 is 0 Å². The highest BCUT2D eigenvalue weighted by atomic mass is 15.1. The number of aromatic nitrogens is 2. The van der Waals surface area contributed by atoms with Gasteiger partial charge in [-0.25, -0.2) is 9.97 Å². The first-order valence-electron chi connectivity index (χ1n) is 11.1. The number of likely N-dealkylation sites (tertiary alicyclic amines) is 1. The molecule has 2 heterocycles. The minimum Gasteiger partial charge on any atom is -0.371 e. The Kier molecular flexibility index (Phi) is 5.25. The van der Waals surface area contributed by atoms with Gasteiger partial charge in [0, 0.05) is 29.9 Å². The van der Waals surface area contributed by atoms with Crippen molar-refractivity contribution >= 4 is 16.7 Å². The molecule has 0 aliphatic carbocycles. The van der Waals surface area contributed by atoms with Gasteiger partial charge in [0.25, 0.3) is 0 Å². The third-order valence-electron chi connectivity index (χ3n) is 6.13. The van der Waals surface area contributed by atoms with E-state index in [-0.39, 0.29) is 0 Å². The molecule has 0 radical (unpaired) electrons. The summed E-state index contributed by atoms with van der Waals surface area (Å²) in [5.74, 6) is 0.712. The first kappa shape index (κ1) is 19.5. The Morgan fingerprint density at radius 1 is 0.839 bits per heavy atom. The Morgan fingerprint density at radius 3 is 2.06 bits per heavy atom. The summed E-state index contributed by atoms with van der Waals surface area (Å²) in [4.78, 5) is 12.6. The highest BCUT2D eigenvalue weighted by molar-refractivity contribution is 5.87. The average molecular weight is 406 g/mol. The zero-order valence-electron chi connectivity index (χ0n) is 18.0. The molecule has 0 amide bonds. The zero-order chi connectivity index (χ0) is 21.2. The minimum absolute atomic E-state index is 0.712. The summed E-state index contributed by atoms with van der Waals surface area (Å²) in [6.45, 7) is 8.89. The van der Waals surface area contributed by atoms with Crippen molar-refractivity contribution in [2.24, 2.45) is 5.92 Å². The number of nitrogens with zero attached hydrogens (tertiary/aromatic N) is 3. The highest BCUT2D eigenvalue weighted by Crippen LogP contribution is 2.32. The number of rotatable bonds is 4. The topological polar surface area (TPSA) is 29.0 Å². The minimum atomic E-state index is 0.712. The first-order valence-corrected chi connectivity index (χ1v) is 11.1. The van der Waals surface area contributed by atoms with Crippen molar-refractivity contribution in [1.82, 2.24) is 14.9 Å². The van der Waals surface area contributed by atoms with E-state index in [0.717, 1.165) is 57.9 Å². The number of hydrogen-bond donors (Lipinski definition) is 0. The van der Waals surface area contributed by atoms with Gasteiger partial charge in [-0.05, 0) is 36.5 Å². The molecule has 1 aromatic heterocycles. The van der Waals surface area contributed by atoms with Crippen LogP contribution in [0.2, 0.25) is 0 Å². The fourth-order valence-corrected chi connectivity index (χ4v) is 4.45. The molecule has 1 atom stereocenters. The molecule has 1 aliphatic rings. The average Bonchev–Trinajstić information content (AvgIpc) is 2.83. The van der Waals surface area contributed by atoms with Gasteiger partial charge in [-0.2, -0.15) is 0 Å². The Bertz CT molecular complexity index is 1220. The van der Waals surface area contributed by atoms with Gasteiger partial charge in [-0.1, -0.05) is 80.2 Å². The van der Waals surface area contributed by atoms with Crippen LogP contribution in [0, 0.1) is 5.92 Å². The maximum Gasteiger partial charge on any atom is 0.0973 e. The van der Waals surface area contributed by atoms with Crippen molar-refractivity contribution in [1.29, 1.82) is 0 Å². The van der Waals surface area contributed by atoms with E-state index in [0.29, 0.717) is 5.92 Å². The molecule has 31 heavy (non-hydrogen) atoms. The van der Waals surface area contributed by atoms with Gasteiger partial charge in [0.05, 0.1) is 22.4 Å². The molecule has 3 heteroatoms. The quantitative estimate of drug-likeness (QED) is 0.380. The van der Waals surface area contributed by atoms with E-state index >= 15 is 0 Å². The van der Waals surface area contributed by atoms with Crippen LogP contribution in [0.1, 0.15) is 25.3 Å². The van der Waals surface area contributed by atoms with Crippen LogP contribution in [0.5, 0.6) is 0 Å². The predicted molar refractivity (Wildman–Crippen MR) is 129 cm³/mol. The molecule has 0 spiro atoms. The summed E-state index contributed by atoms with van der Waals surface area (Å²) in [6, 6.07) is 27.0. The van der Waals surface area contributed by atoms with Gasteiger partial charge < -0.3 is 4.90 Å². The molecular weight excluding hydrogens is 378 g/mol. The van der Waals surface area contributed by atoms with E-state index in [1.165, 1.54) is 12.8 Å². The Morgan fingerprint density at radius 2 is 1.45 bits per heavy atom. The van der Waals surface area contributed by atoms with E-state index in [2.05, 4.69) is 60.9 Å². The van der Waals surface area contributed by atoms with Gasteiger partial charge in [-0.15, -0.1) is 0 Å². The molecule has 4 aromatic rings. The van der Waals surface area contributed by atoms with E-state index in [1.807, 2.05) is 36.4 Å². The highest BCUT2D eigenvalue weighted by Gasteiger charge is 2.19. The van der Waals surface area contributed by atoms with Crippen LogP contribution in [0.3, 0.4) is 0 Å². The third kappa shape index (κ3) is 3.96. The summed E-state index contributed by atoms with van der Waals surface area (Å²) < 4.78 is 0. The smallest absolute Gasteiger partial charge is 0.0973 e. The predicted octanol–water partition coefficient (Wildman–Crippen LogP) is 6.67. The number of hydrogen-bond acceptors (Lipinski definition) is 3. The van der Waals surface area contributed by atoms with E-state index < -0.39 is 0 Å². The van der Waals surface area contributed by atoms with Gasteiger partial charge in [0.2, 0.25) is 0 Å². The molecule has 1 fully saturated rings. The second-order valence-corrected chi connectivity index (χ2v) is 8.50. The van der Waals surface area contributed by atoms with Crippen LogP contribution in [0.15, 0.2) is 85.4 Å². The largest absolute Gasteiger partial charge is 0.371 e. The molecular formula is C28H27N3. The van der Waals surface area contributed by atoms with E-state index in [1.54, 1.807) is 0 Å². The molecule has 1 saturated heterocycles. The van der Waals surface area contributed by atoms with Gasteiger partial charge in [-0.3, -0.25) is 0 Å². The molecule has 1 aliphatic heterocycles. The van der Waals surface area contributed by atoms with Crippen LogP contribution in [-0.4, -0.2) is 28.0 Å². The van der Waals surface area contributed by atoms with Crippen molar-refractivity contribution in [2.75, 3.05) is 13.1 Å². The van der Waals surface area contributed by atoms with Gasteiger partial charge >= 0.3 is 0 Å². The standard InChI is InChI=1S/C28H27N3/c1-20-10-9-17-31(19-20)21(2)24-15-16-25-26(18-24)30-28(23-13-7-4-8-14-23)27(29-25)22-11-5-3-6-12-22/h3-8,11-16,18,20H,2,9-10,17,19H2,1H3. The lowest BCUT2D eigenvalue weighted by molar-refractivity contribution is 0.261. The fourth-order valence-electron chi connectivity index (χ4n) is 4.45. The SMILES string of the molecule is C=C(c1ccc2nc(-c3ccccc3)c(-c3ccccc3)nc2c1)N1CCCC(C)C1. The van der Waals surface area contributed by atoms with Crippen molar-refractivity contribution < 1.29 is 0 Å². The van der Waals surface area contributed by atoms with E-state index in [4.69, 9.17) is 9.97 Å². The van der Waals surface area contributed by atoms with Crippen LogP contribution in [-0.2, 0) is 0 Å². The second kappa shape index (κ2) is 8.35. The molecule has 154 valence electrons. The summed E-state index contributed by atoms with van der Waals surface area (Å²) in [6.07, 6.45) is 2.53. The first-order chi connectivity index (χ1) is 15.2. The Hall–Kier alpha value is -3.46. The maximum atomic E-state index is 5.10. The molecule has 0 saturated carbocycles. The maximum absolute atomic E-state index is 5.10. The van der Waals surface area contributed by atoms with Gasteiger partial charge in [0.1, 0.15) is 0 Å². The Labute approximate surface area is 184 Å². The summed E-state index contributed by atoms with van der Waals surface area (Å²) in [7, 11) is 0. The van der Waals surface area contributed by atoms with Crippen molar-refractivity contribution in [3.63, 3.8) is 0 Å². The zero-order valence-corrected chi connectivity index (χ0v) is 18.0. The lowest BCUT2D eigenvalue weighted by atomic mass is 9.98. The van der Waals surface area contributed by atoms with E-state index in [9.17, 15) is 0 Å². The van der Waals surface area contributed by atoms with Gasteiger partial charge in [0.15, 0.2) is 0 Å². The number of piperidine rings is 1. The Balaban J connectivity index is 1.61. The number of fused-ring (bicyclic) bond motifs is 1. The summed E-state index contributed by atoms with van der Waals surface area (Å²) >= 11 is 0. The molecule has 1 unspecified atom stereocenters. The van der Waals surface area contributed by atoms with Crippen LogP contribution < -0.4 is 0 Å². The van der Waals surface area contributed by atoms with Crippen LogP contribution in [0.4, 0.5) is 0 Å². The normalized spacial score (nSPS) is 16.4. The molecule has 5 rings (SSSR count). The van der Waals surface area contributed by atoms with Crippen LogP contribution in [0.25, 0.3) is 39.2 Å². The third-order valence-corrected chi connectivity index (χ3v) is 6.13. The molecule has 0 N–H and O–H groups in total. The molecule has 3 nitrogen and oxygen atoms in total. The number of benzene rings is 3. The van der Waals surface area contributed by atoms with Crippen molar-refractivity contribution in [3.8, 4) is 22.5 Å². The van der Waals surface area contributed by atoms with Crippen molar-refractivity contribution in [2.45, 2.75) is 19.8 Å². The fraction of sp³-hybridized carbons (Fsp3) is 0.214. The lowest BCUT2D eigenvalue weighted by Gasteiger charge is -2.34. The summed E-state index contributed by atoms with van der Waals surface area (Å²) in [5.41, 5.74) is 8.00. The molecule has 3 aromatic carbocycles.